The lowest BCUT2D eigenvalue weighted by molar-refractivity contribution is -0.223. The average molecular weight is 414 g/mol. The van der Waals surface area contributed by atoms with Crippen LogP contribution >= 0.6 is 0 Å². The Morgan fingerprint density at radius 3 is 2.43 bits per heavy atom. The SMILES string of the molecule is C[C@@H]1C[C@@]2(O)C[C@H](/C=C\C3CCNCC3)CC[C@]2(C)[C@H]2CC[C@]3(C)C(=O)CC[C@H]3[C@H]12. The van der Waals surface area contributed by atoms with E-state index in [1.807, 2.05) is 0 Å². The van der Waals surface area contributed by atoms with Gasteiger partial charge in [0.1, 0.15) is 5.78 Å². The van der Waals surface area contributed by atoms with Gasteiger partial charge in [-0.1, -0.05) is 32.9 Å². The van der Waals surface area contributed by atoms with E-state index in [1.165, 1.54) is 19.3 Å². The van der Waals surface area contributed by atoms with E-state index < -0.39 is 5.60 Å². The van der Waals surface area contributed by atoms with Gasteiger partial charge in [-0.2, -0.15) is 0 Å². The molecule has 30 heavy (non-hydrogen) atoms. The summed E-state index contributed by atoms with van der Waals surface area (Å²) in [5.41, 5.74) is -0.586. The molecular formula is C27H43NO2. The molecule has 1 saturated heterocycles. The Morgan fingerprint density at radius 1 is 0.933 bits per heavy atom. The number of fused-ring (bicyclic) bond motifs is 5. The van der Waals surface area contributed by atoms with Gasteiger partial charge in [0, 0.05) is 11.8 Å². The number of hydrogen-bond acceptors (Lipinski definition) is 3. The Kier molecular flexibility index (Phi) is 5.26. The van der Waals surface area contributed by atoms with Crippen molar-refractivity contribution in [1.82, 2.24) is 5.32 Å². The minimum absolute atomic E-state index is 0.0241. The monoisotopic (exact) mass is 413 g/mol. The highest BCUT2D eigenvalue weighted by molar-refractivity contribution is 5.87. The maximum atomic E-state index is 12.7. The van der Waals surface area contributed by atoms with Crippen molar-refractivity contribution in [3.8, 4) is 0 Å². The van der Waals surface area contributed by atoms with Gasteiger partial charge in [-0.15, -0.1) is 0 Å². The zero-order valence-electron chi connectivity index (χ0n) is 19.5. The van der Waals surface area contributed by atoms with Gasteiger partial charge in [0.2, 0.25) is 0 Å². The van der Waals surface area contributed by atoms with Crippen LogP contribution in [0.5, 0.6) is 0 Å². The first-order valence-electron chi connectivity index (χ1n) is 12.9. The van der Waals surface area contributed by atoms with Gasteiger partial charge in [0.05, 0.1) is 5.60 Å². The van der Waals surface area contributed by atoms with Crippen molar-refractivity contribution < 1.29 is 9.90 Å². The Hall–Kier alpha value is -0.670. The topological polar surface area (TPSA) is 49.3 Å². The first-order chi connectivity index (χ1) is 14.3. The van der Waals surface area contributed by atoms with Crippen molar-refractivity contribution >= 4 is 5.78 Å². The smallest absolute Gasteiger partial charge is 0.139 e. The fourth-order valence-corrected chi connectivity index (χ4v) is 9.02. The van der Waals surface area contributed by atoms with Crippen LogP contribution in [-0.2, 0) is 4.79 Å². The highest BCUT2D eigenvalue weighted by Crippen LogP contribution is 2.68. The Balaban J connectivity index is 1.36. The lowest BCUT2D eigenvalue weighted by Gasteiger charge is -2.65. The quantitative estimate of drug-likeness (QED) is 0.617. The molecule has 168 valence electrons. The van der Waals surface area contributed by atoms with E-state index >= 15 is 0 Å². The predicted molar refractivity (Wildman–Crippen MR) is 121 cm³/mol. The average Bonchev–Trinajstić information content (AvgIpc) is 3.03. The molecule has 0 spiro atoms. The van der Waals surface area contributed by atoms with Crippen LogP contribution < -0.4 is 5.32 Å². The second-order valence-electron chi connectivity index (χ2n) is 12.3. The van der Waals surface area contributed by atoms with Gasteiger partial charge in [-0.3, -0.25) is 4.79 Å². The van der Waals surface area contributed by atoms with Crippen molar-refractivity contribution in [2.75, 3.05) is 13.1 Å². The third-order valence-electron chi connectivity index (χ3n) is 10.9. The molecule has 4 aliphatic carbocycles. The molecule has 3 nitrogen and oxygen atoms in total. The van der Waals surface area contributed by atoms with Crippen molar-refractivity contribution in [2.24, 2.45) is 46.3 Å². The number of carbonyl (C=O) groups is 1. The molecule has 3 heteroatoms. The lowest BCUT2D eigenvalue weighted by atomic mass is 9.41. The molecule has 4 saturated carbocycles. The normalized spacial score (nSPS) is 52.1. The van der Waals surface area contributed by atoms with E-state index in [9.17, 15) is 9.90 Å². The summed E-state index contributed by atoms with van der Waals surface area (Å²) >= 11 is 0. The maximum absolute atomic E-state index is 12.7. The number of allylic oxidation sites excluding steroid dienone is 2. The van der Waals surface area contributed by atoms with E-state index in [4.69, 9.17) is 0 Å². The zero-order chi connectivity index (χ0) is 21.1. The van der Waals surface area contributed by atoms with Crippen molar-refractivity contribution in [1.29, 1.82) is 0 Å². The molecule has 1 aliphatic heterocycles. The molecule has 0 aromatic heterocycles. The van der Waals surface area contributed by atoms with E-state index in [1.54, 1.807) is 0 Å². The van der Waals surface area contributed by atoms with Gasteiger partial charge in [-0.05, 0) is 112 Å². The van der Waals surface area contributed by atoms with Crippen molar-refractivity contribution in [3.63, 3.8) is 0 Å². The summed E-state index contributed by atoms with van der Waals surface area (Å²) in [6.07, 6.45) is 15.8. The van der Waals surface area contributed by atoms with Crippen LogP contribution in [0.4, 0.5) is 0 Å². The van der Waals surface area contributed by atoms with E-state index in [0.29, 0.717) is 35.4 Å². The molecule has 0 bridgehead atoms. The molecule has 5 fully saturated rings. The minimum atomic E-state index is -0.536. The highest BCUT2D eigenvalue weighted by atomic mass is 16.3. The molecule has 0 unspecified atom stereocenters. The molecule has 8 atom stereocenters. The molecule has 2 N–H and O–H groups in total. The standard InChI is InChI=1S/C27H43NO2/c1-18-16-27(30)17-20(5-4-19-10-14-28-15-11-19)8-13-26(27,3)22-9-12-25(2)21(24(18)22)6-7-23(25)29/h4-5,18-22,24,28,30H,6-17H2,1-3H3/b5-4-/t18-,20-,21+,22+,24+,25+,26-,27-/m1/s1. The molecule has 0 aromatic rings. The molecule has 5 rings (SSSR count). The maximum Gasteiger partial charge on any atom is 0.139 e. The number of rotatable bonds is 2. The lowest BCUT2D eigenvalue weighted by Crippen LogP contribution is -2.64. The molecule has 0 radical (unpaired) electrons. The number of hydrogen-bond donors (Lipinski definition) is 2. The van der Waals surface area contributed by atoms with Crippen LogP contribution in [-0.4, -0.2) is 29.6 Å². The van der Waals surface area contributed by atoms with Crippen LogP contribution in [0.2, 0.25) is 0 Å². The van der Waals surface area contributed by atoms with Gasteiger partial charge >= 0.3 is 0 Å². The van der Waals surface area contributed by atoms with Crippen LogP contribution in [0.3, 0.4) is 0 Å². The summed E-state index contributed by atoms with van der Waals surface area (Å²) in [5.74, 6) is 4.07. The number of ketones is 1. The van der Waals surface area contributed by atoms with Crippen LogP contribution in [0, 0.1) is 46.3 Å². The van der Waals surface area contributed by atoms with E-state index in [-0.39, 0.29) is 10.8 Å². The van der Waals surface area contributed by atoms with Gasteiger partial charge in [0.15, 0.2) is 0 Å². The fourth-order valence-electron chi connectivity index (χ4n) is 9.02. The second-order valence-corrected chi connectivity index (χ2v) is 12.3. The number of nitrogens with one attached hydrogen (secondary N) is 1. The Labute approximate surface area is 183 Å². The van der Waals surface area contributed by atoms with Gasteiger partial charge in [-0.25, -0.2) is 0 Å². The molecule has 0 aromatic carbocycles. The van der Waals surface area contributed by atoms with Crippen LogP contribution in [0.1, 0.15) is 85.0 Å². The third kappa shape index (κ3) is 3.09. The van der Waals surface area contributed by atoms with Gasteiger partial charge in [0.25, 0.3) is 0 Å². The number of Topliss-reactive ketones (excluding diaryl/α,β-unsaturated/α-hetero) is 1. The molecular weight excluding hydrogens is 370 g/mol. The Bertz CT molecular complexity index is 712. The summed E-state index contributed by atoms with van der Waals surface area (Å²) in [5, 5.41) is 15.6. The third-order valence-corrected chi connectivity index (χ3v) is 10.9. The first-order valence-corrected chi connectivity index (χ1v) is 12.9. The minimum Gasteiger partial charge on any atom is -0.389 e. The largest absolute Gasteiger partial charge is 0.389 e. The summed E-state index contributed by atoms with van der Waals surface area (Å²) in [6, 6.07) is 0. The fraction of sp³-hybridized carbons (Fsp3) is 0.889. The summed E-state index contributed by atoms with van der Waals surface area (Å²) < 4.78 is 0. The molecule has 0 amide bonds. The summed E-state index contributed by atoms with van der Waals surface area (Å²) in [7, 11) is 0. The number of piperidine rings is 1. The van der Waals surface area contributed by atoms with Crippen LogP contribution in [0.25, 0.3) is 0 Å². The van der Waals surface area contributed by atoms with Gasteiger partial charge < -0.3 is 10.4 Å². The number of aliphatic hydroxyl groups is 1. The van der Waals surface area contributed by atoms with E-state index in [2.05, 4.69) is 38.2 Å². The predicted octanol–water partition coefficient (Wildman–Crippen LogP) is 5.13. The van der Waals surface area contributed by atoms with Crippen molar-refractivity contribution in [3.05, 3.63) is 12.2 Å². The molecule has 5 aliphatic rings. The highest BCUT2D eigenvalue weighted by Gasteiger charge is 2.66. The first kappa shape index (κ1) is 21.2. The molecule has 1 heterocycles. The Morgan fingerprint density at radius 2 is 1.67 bits per heavy atom. The summed E-state index contributed by atoms with van der Waals surface area (Å²) in [4.78, 5) is 12.7. The van der Waals surface area contributed by atoms with E-state index in [0.717, 1.165) is 64.0 Å². The van der Waals surface area contributed by atoms with Crippen molar-refractivity contribution in [2.45, 2.75) is 90.6 Å². The number of carbonyl (C=O) groups excluding carboxylic acids is 1. The van der Waals surface area contributed by atoms with Crippen LogP contribution in [0.15, 0.2) is 12.2 Å². The zero-order valence-corrected chi connectivity index (χ0v) is 19.5. The second kappa shape index (κ2) is 7.44. The summed E-state index contributed by atoms with van der Waals surface area (Å²) in [6.45, 7) is 9.36.